The highest BCUT2D eigenvalue weighted by molar-refractivity contribution is 5.98. The quantitative estimate of drug-likeness (QED) is 0.478. The number of carbonyl (C=O) groups excluding carboxylic acids is 2. The van der Waals surface area contributed by atoms with Crippen molar-refractivity contribution in [3.8, 4) is 5.75 Å². The molecule has 2 aliphatic rings. The van der Waals surface area contributed by atoms with E-state index < -0.39 is 12.1 Å². The van der Waals surface area contributed by atoms with Crippen molar-refractivity contribution >= 4 is 22.7 Å². The number of hydrogen-bond acceptors (Lipinski definition) is 3. The van der Waals surface area contributed by atoms with Gasteiger partial charge in [0.1, 0.15) is 18.3 Å². The van der Waals surface area contributed by atoms with E-state index >= 15 is 0 Å². The van der Waals surface area contributed by atoms with Crippen molar-refractivity contribution in [3.63, 3.8) is 0 Å². The number of piperazine rings is 1. The van der Waals surface area contributed by atoms with Crippen molar-refractivity contribution in [1.82, 2.24) is 14.8 Å². The number of fused-ring (bicyclic) bond motifs is 4. The Morgan fingerprint density at radius 1 is 0.971 bits per heavy atom. The third kappa shape index (κ3) is 3.40. The van der Waals surface area contributed by atoms with Gasteiger partial charge in [-0.3, -0.25) is 9.59 Å². The molecule has 3 heterocycles. The van der Waals surface area contributed by atoms with Gasteiger partial charge in [-0.05, 0) is 41.8 Å². The van der Waals surface area contributed by atoms with Crippen LogP contribution >= 0.6 is 0 Å². The van der Waals surface area contributed by atoms with Crippen LogP contribution in [0.25, 0.3) is 10.9 Å². The zero-order valence-corrected chi connectivity index (χ0v) is 19.8. The highest BCUT2D eigenvalue weighted by Crippen LogP contribution is 2.43. The Morgan fingerprint density at radius 3 is 2.54 bits per heavy atom. The molecule has 0 aliphatic carbocycles. The third-order valence-corrected chi connectivity index (χ3v) is 7.45. The maximum Gasteiger partial charge on any atom is 0.246 e. The Labute approximate surface area is 204 Å². The number of amides is 2. The molecule has 4 aromatic rings. The lowest BCUT2D eigenvalue weighted by atomic mass is 9.85. The largest absolute Gasteiger partial charge is 0.497 e. The molecule has 176 valence electrons. The van der Waals surface area contributed by atoms with Crippen molar-refractivity contribution in [2.75, 3.05) is 13.7 Å². The summed E-state index contributed by atoms with van der Waals surface area (Å²) in [6.45, 7) is 2.05. The predicted octanol–water partition coefficient (Wildman–Crippen LogP) is 4.62. The molecule has 1 N–H and O–H groups in total. The molecule has 1 saturated heterocycles. The Hall–Kier alpha value is -4.06. The number of H-pyrrole nitrogens is 1. The van der Waals surface area contributed by atoms with Crippen LogP contribution in [0.1, 0.15) is 41.4 Å². The lowest BCUT2D eigenvalue weighted by Crippen LogP contribution is -2.63. The molecule has 2 aliphatic heterocycles. The van der Waals surface area contributed by atoms with Gasteiger partial charge in [-0.15, -0.1) is 0 Å². The van der Waals surface area contributed by atoms with E-state index in [2.05, 4.69) is 11.1 Å². The first-order valence-electron chi connectivity index (χ1n) is 12.0. The molecule has 0 spiro atoms. The van der Waals surface area contributed by atoms with Crippen molar-refractivity contribution < 1.29 is 14.3 Å². The molecule has 2 amide bonds. The molecule has 1 aromatic heterocycles. The van der Waals surface area contributed by atoms with Crippen LogP contribution < -0.4 is 4.74 Å². The molecule has 0 radical (unpaired) electrons. The molecule has 6 nitrogen and oxygen atoms in total. The topological polar surface area (TPSA) is 65.6 Å². The van der Waals surface area contributed by atoms with E-state index in [4.69, 9.17) is 4.74 Å². The van der Waals surface area contributed by atoms with Crippen LogP contribution in [0.3, 0.4) is 0 Å². The number of carbonyl (C=O) groups is 2. The minimum atomic E-state index is -0.565. The molecule has 0 unspecified atom stereocenters. The average molecular weight is 466 g/mol. The molecule has 3 atom stereocenters. The Morgan fingerprint density at radius 2 is 1.74 bits per heavy atom. The van der Waals surface area contributed by atoms with E-state index in [-0.39, 0.29) is 24.4 Å². The fraction of sp³-hybridized carbons (Fsp3) is 0.241. The van der Waals surface area contributed by atoms with Crippen LogP contribution in [0, 0.1) is 0 Å². The normalized spacial score (nSPS) is 20.5. The fourth-order valence-electron chi connectivity index (χ4n) is 5.68. The van der Waals surface area contributed by atoms with Crippen molar-refractivity contribution in [2.45, 2.75) is 31.5 Å². The Kier molecular flexibility index (Phi) is 5.10. The second kappa shape index (κ2) is 8.31. The van der Waals surface area contributed by atoms with Gasteiger partial charge in [-0.1, -0.05) is 60.7 Å². The number of hydrogen-bond donors (Lipinski definition) is 1. The standard InChI is InChI=1S/C29H27N3O3/c1-18(19-9-4-3-5-10-19)31-17-26(33)32-25(29(31)34)16-23-22-13-6-7-14-24(22)30-27(23)28(32)20-11-8-12-21(15-20)35-2/h3-15,18,25,28,30H,16-17H2,1-2H3/t18-,25-,28+/m0/s1. The Bertz CT molecular complexity index is 1430. The van der Waals surface area contributed by atoms with Gasteiger partial charge >= 0.3 is 0 Å². The second-order valence-electron chi connectivity index (χ2n) is 9.32. The zero-order chi connectivity index (χ0) is 24.1. The molecular formula is C29H27N3O3. The first-order chi connectivity index (χ1) is 17.1. The summed E-state index contributed by atoms with van der Waals surface area (Å²) >= 11 is 0. The number of methoxy groups -OCH3 is 1. The van der Waals surface area contributed by atoms with Crippen LogP contribution in [0.15, 0.2) is 78.9 Å². The van der Waals surface area contributed by atoms with E-state index in [1.165, 1.54) is 0 Å². The van der Waals surface area contributed by atoms with Gasteiger partial charge in [0.25, 0.3) is 0 Å². The maximum absolute atomic E-state index is 14.0. The van der Waals surface area contributed by atoms with Gasteiger partial charge in [0, 0.05) is 23.0 Å². The molecule has 3 aromatic carbocycles. The van der Waals surface area contributed by atoms with Crippen LogP contribution in [0.2, 0.25) is 0 Å². The van der Waals surface area contributed by atoms with Gasteiger partial charge in [-0.2, -0.15) is 0 Å². The van der Waals surface area contributed by atoms with E-state index in [0.29, 0.717) is 6.42 Å². The van der Waals surface area contributed by atoms with E-state index in [1.54, 1.807) is 16.9 Å². The first-order valence-corrected chi connectivity index (χ1v) is 12.0. The zero-order valence-electron chi connectivity index (χ0n) is 19.8. The minimum absolute atomic E-state index is 0.00946. The molecule has 35 heavy (non-hydrogen) atoms. The van der Waals surface area contributed by atoms with E-state index in [1.807, 2.05) is 79.7 Å². The van der Waals surface area contributed by atoms with Crippen LogP contribution in [0.5, 0.6) is 5.75 Å². The molecular weight excluding hydrogens is 438 g/mol. The van der Waals surface area contributed by atoms with Gasteiger partial charge in [-0.25, -0.2) is 0 Å². The van der Waals surface area contributed by atoms with E-state index in [0.717, 1.165) is 39.0 Å². The number of nitrogens with zero attached hydrogens (tertiary/aromatic N) is 2. The molecule has 6 heteroatoms. The minimum Gasteiger partial charge on any atom is -0.497 e. The predicted molar refractivity (Wildman–Crippen MR) is 134 cm³/mol. The van der Waals surface area contributed by atoms with Crippen molar-refractivity contribution in [2.24, 2.45) is 0 Å². The number of ether oxygens (including phenoxy) is 1. The summed E-state index contributed by atoms with van der Waals surface area (Å²) in [6.07, 6.45) is 0.488. The molecule has 1 fully saturated rings. The highest BCUT2D eigenvalue weighted by atomic mass is 16.5. The smallest absolute Gasteiger partial charge is 0.246 e. The van der Waals surface area contributed by atoms with Crippen molar-refractivity contribution in [3.05, 3.63) is 101 Å². The van der Waals surface area contributed by atoms with Crippen LogP contribution in [0.4, 0.5) is 0 Å². The SMILES string of the molecule is COc1cccc([C@@H]2c3[nH]c4ccccc4c3C[C@H]3C(=O)N([C@@H](C)c4ccccc4)CC(=O)N23)c1. The van der Waals surface area contributed by atoms with Gasteiger partial charge < -0.3 is 19.5 Å². The number of benzene rings is 3. The summed E-state index contributed by atoms with van der Waals surface area (Å²) in [5.74, 6) is 0.664. The number of aromatic amines is 1. The molecule has 6 rings (SSSR count). The van der Waals surface area contributed by atoms with E-state index in [9.17, 15) is 9.59 Å². The summed E-state index contributed by atoms with van der Waals surface area (Å²) in [5.41, 5.74) is 5.04. The summed E-state index contributed by atoms with van der Waals surface area (Å²) in [6, 6.07) is 24.7. The summed E-state index contributed by atoms with van der Waals surface area (Å²) in [5, 5.41) is 1.10. The van der Waals surface area contributed by atoms with Gasteiger partial charge in [0.15, 0.2) is 0 Å². The number of nitrogens with one attached hydrogen (secondary N) is 1. The first kappa shape index (κ1) is 21.5. The van der Waals surface area contributed by atoms with Crippen LogP contribution in [-0.2, 0) is 16.0 Å². The molecule has 0 bridgehead atoms. The Balaban J connectivity index is 1.48. The van der Waals surface area contributed by atoms with Crippen molar-refractivity contribution in [1.29, 1.82) is 0 Å². The summed E-state index contributed by atoms with van der Waals surface area (Å²) < 4.78 is 5.49. The summed E-state index contributed by atoms with van der Waals surface area (Å²) in [4.78, 5) is 34.9. The number of aromatic nitrogens is 1. The maximum atomic E-state index is 14.0. The number of para-hydroxylation sites is 1. The van der Waals surface area contributed by atoms with Gasteiger partial charge in [0.05, 0.1) is 19.2 Å². The highest BCUT2D eigenvalue weighted by Gasteiger charge is 2.49. The number of rotatable bonds is 4. The third-order valence-electron chi connectivity index (χ3n) is 7.45. The average Bonchev–Trinajstić information content (AvgIpc) is 3.28. The lowest BCUT2D eigenvalue weighted by Gasteiger charge is -2.48. The van der Waals surface area contributed by atoms with Crippen LogP contribution in [-0.4, -0.2) is 46.3 Å². The second-order valence-corrected chi connectivity index (χ2v) is 9.32. The summed E-state index contributed by atoms with van der Waals surface area (Å²) in [7, 11) is 1.63. The fourth-order valence-corrected chi connectivity index (χ4v) is 5.68. The monoisotopic (exact) mass is 465 g/mol. The molecule has 0 saturated carbocycles. The lowest BCUT2D eigenvalue weighted by molar-refractivity contribution is -0.160. The van der Waals surface area contributed by atoms with Gasteiger partial charge in [0.2, 0.25) is 11.8 Å².